The summed E-state index contributed by atoms with van der Waals surface area (Å²) in [5, 5.41) is 0. The lowest BCUT2D eigenvalue weighted by Gasteiger charge is -2.23. The highest BCUT2D eigenvalue weighted by atomic mass is 127. The zero-order chi connectivity index (χ0) is 33.4. The van der Waals surface area contributed by atoms with Crippen LogP contribution in [0.3, 0.4) is 0 Å². The number of terminal acetylenes is 1. The van der Waals surface area contributed by atoms with Gasteiger partial charge in [-0.2, -0.15) is 8.78 Å². The molecular formula is C28H14F4I3O9S-. The van der Waals surface area contributed by atoms with Crippen LogP contribution in [0.1, 0.15) is 56.8 Å². The maximum absolute atomic E-state index is 14.6. The van der Waals surface area contributed by atoms with Gasteiger partial charge in [-0.05, 0) is 124 Å². The molecule has 0 spiro atoms. The first-order valence-corrected chi connectivity index (χ1v) is 16.9. The fraction of sp³-hybridized carbons (Fsp3) is 0.179. The Labute approximate surface area is 293 Å². The molecule has 0 aliphatic heterocycles. The molecule has 4 rings (SSSR count). The van der Waals surface area contributed by atoms with Gasteiger partial charge in [0, 0.05) is 3.57 Å². The summed E-state index contributed by atoms with van der Waals surface area (Å²) in [6, 6.07) is 6.02. The second-order valence-electron chi connectivity index (χ2n) is 9.34. The predicted molar refractivity (Wildman–Crippen MR) is 171 cm³/mol. The highest BCUT2D eigenvalue weighted by molar-refractivity contribution is 14.1. The average molecular weight is 983 g/mol. The molecule has 3 aromatic rings. The molecule has 17 heteroatoms. The fourth-order valence-corrected chi connectivity index (χ4v) is 8.72. The highest BCUT2D eigenvalue weighted by Crippen LogP contribution is 2.36. The van der Waals surface area contributed by atoms with Gasteiger partial charge in [0.2, 0.25) is 17.4 Å². The Hall–Kier alpha value is -2.55. The molecule has 45 heavy (non-hydrogen) atoms. The van der Waals surface area contributed by atoms with Crippen molar-refractivity contribution in [2.45, 2.75) is 36.2 Å². The summed E-state index contributed by atoms with van der Waals surface area (Å²) in [4.78, 5) is 37.1. The molecule has 0 N–H and O–H groups in total. The number of esters is 3. The molecule has 3 aromatic carbocycles. The van der Waals surface area contributed by atoms with Gasteiger partial charge in [0.05, 0.1) is 23.8 Å². The molecule has 0 unspecified atom stereocenters. The van der Waals surface area contributed by atoms with E-state index in [9.17, 15) is 44.9 Å². The Kier molecular flexibility index (Phi) is 10.7. The zero-order valence-corrected chi connectivity index (χ0v) is 29.3. The van der Waals surface area contributed by atoms with Crippen molar-refractivity contribution >= 4 is 95.8 Å². The van der Waals surface area contributed by atoms with Gasteiger partial charge in [-0.1, -0.05) is 5.92 Å². The molecule has 0 aromatic heterocycles. The standard InChI is InChI=1S/C28H15F4I3O9S/c1-2-28(7-3-4-8-28)44-25(36)12-5-6-14(15(9-12)27(38)42-22-16(34)10-13(33)11-17(22)35)26(37)43-23-18(29)20(31)24(45(39,40)41)21(32)19(23)30/h1,5-6,9-11H,3-4,7-8H2,(H,39,40,41)/p-1. The van der Waals surface area contributed by atoms with E-state index in [0.29, 0.717) is 32.8 Å². The summed E-state index contributed by atoms with van der Waals surface area (Å²) in [6.45, 7) is 0. The second kappa shape index (κ2) is 13.7. The molecule has 0 bridgehead atoms. The van der Waals surface area contributed by atoms with Crippen molar-refractivity contribution in [2.75, 3.05) is 0 Å². The van der Waals surface area contributed by atoms with Crippen molar-refractivity contribution in [3.05, 3.63) is 81.0 Å². The summed E-state index contributed by atoms with van der Waals surface area (Å²) < 4.78 is 108. The molecular weight excluding hydrogens is 969 g/mol. The first kappa shape index (κ1) is 35.3. The van der Waals surface area contributed by atoms with Crippen molar-refractivity contribution in [2.24, 2.45) is 0 Å². The summed E-state index contributed by atoms with van der Waals surface area (Å²) >= 11 is 5.79. The number of halogens is 7. The Balaban J connectivity index is 1.79. The van der Waals surface area contributed by atoms with Gasteiger partial charge in [-0.3, -0.25) is 0 Å². The lowest BCUT2D eigenvalue weighted by molar-refractivity contribution is 0.0103. The van der Waals surface area contributed by atoms with Crippen LogP contribution in [0.15, 0.2) is 35.2 Å². The van der Waals surface area contributed by atoms with E-state index >= 15 is 0 Å². The van der Waals surface area contributed by atoms with Crippen molar-refractivity contribution in [1.29, 1.82) is 0 Å². The first-order chi connectivity index (χ1) is 21.0. The van der Waals surface area contributed by atoms with E-state index < -0.39 is 78.7 Å². The van der Waals surface area contributed by atoms with Gasteiger partial charge in [-0.15, -0.1) is 6.42 Å². The van der Waals surface area contributed by atoms with E-state index in [1.54, 1.807) is 12.1 Å². The molecule has 236 valence electrons. The maximum atomic E-state index is 14.6. The van der Waals surface area contributed by atoms with E-state index in [0.717, 1.165) is 21.8 Å². The molecule has 1 fully saturated rings. The Bertz CT molecular complexity index is 1870. The topological polar surface area (TPSA) is 136 Å². The molecule has 1 saturated carbocycles. The van der Waals surface area contributed by atoms with Gasteiger partial charge in [-0.25, -0.2) is 31.6 Å². The van der Waals surface area contributed by atoms with Crippen LogP contribution in [0.2, 0.25) is 0 Å². The number of benzene rings is 3. The van der Waals surface area contributed by atoms with Gasteiger partial charge in [0.1, 0.15) is 15.0 Å². The van der Waals surface area contributed by atoms with E-state index in [1.165, 1.54) is 0 Å². The van der Waals surface area contributed by atoms with Crippen LogP contribution in [0.4, 0.5) is 17.6 Å². The summed E-state index contributed by atoms with van der Waals surface area (Å²) in [6.07, 6.45) is 7.75. The highest BCUT2D eigenvalue weighted by Gasteiger charge is 2.37. The third-order valence-corrected chi connectivity index (χ3v) is 9.53. The lowest BCUT2D eigenvalue weighted by atomic mass is 10.0. The first-order valence-electron chi connectivity index (χ1n) is 12.3. The second-order valence-corrected chi connectivity index (χ2v) is 14.2. The summed E-state index contributed by atoms with van der Waals surface area (Å²) in [7, 11) is -6.03. The Morgan fingerprint density at radius 1 is 0.800 bits per heavy atom. The van der Waals surface area contributed by atoms with Crippen LogP contribution in [-0.4, -0.2) is 36.5 Å². The summed E-state index contributed by atoms with van der Waals surface area (Å²) in [5.41, 5.74) is -2.97. The molecule has 1 aliphatic rings. The third-order valence-electron chi connectivity index (χ3n) is 6.44. The van der Waals surface area contributed by atoms with E-state index in [1.807, 2.05) is 67.8 Å². The molecule has 0 atom stereocenters. The van der Waals surface area contributed by atoms with Gasteiger partial charge >= 0.3 is 17.9 Å². The van der Waals surface area contributed by atoms with Crippen LogP contribution in [-0.2, 0) is 14.9 Å². The predicted octanol–water partition coefficient (Wildman–Crippen LogP) is 6.50. The monoisotopic (exact) mass is 983 g/mol. The van der Waals surface area contributed by atoms with Crippen molar-refractivity contribution in [1.82, 2.24) is 0 Å². The van der Waals surface area contributed by atoms with Crippen LogP contribution >= 0.6 is 67.8 Å². The largest absolute Gasteiger partial charge is 0.744 e. The molecule has 0 saturated heterocycles. The van der Waals surface area contributed by atoms with Crippen molar-refractivity contribution < 1.29 is 59.1 Å². The minimum atomic E-state index is -6.03. The number of carbonyl (C=O) groups is 3. The normalized spacial score (nSPS) is 14.0. The minimum absolute atomic E-state index is 0.0572. The van der Waals surface area contributed by atoms with Crippen LogP contribution in [0.25, 0.3) is 0 Å². The van der Waals surface area contributed by atoms with Gasteiger partial charge in [0.25, 0.3) is 0 Å². The molecule has 0 radical (unpaired) electrons. The van der Waals surface area contributed by atoms with E-state index in [2.05, 4.69) is 10.7 Å². The van der Waals surface area contributed by atoms with E-state index in [-0.39, 0.29) is 11.3 Å². The Morgan fingerprint density at radius 2 is 1.31 bits per heavy atom. The van der Waals surface area contributed by atoms with Crippen molar-refractivity contribution in [3.63, 3.8) is 0 Å². The fourth-order valence-electron chi connectivity index (χ4n) is 4.30. The van der Waals surface area contributed by atoms with Gasteiger partial charge in [0.15, 0.2) is 23.0 Å². The number of ether oxygens (including phenoxy) is 3. The van der Waals surface area contributed by atoms with Crippen LogP contribution in [0.5, 0.6) is 11.5 Å². The summed E-state index contributed by atoms with van der Waals surface area (Å²) in [5.74, 6) is -13.8. The smallest absolute Gasteiger partial charge is 0.344 e. The molecule has 1 aliphatic carbocycles. The van der Waals surface area contributed by atoms with Gasteiger partial charge < -0.3 is 18.8 Å². The number of hydrogen-bond donors (Lipinski definition) is 0. The maximum Gasteiger partial charge on any atom is 0.344 e. The lowest BCUT2D eigenvalue weighted by Crippen LogP contribution is -2.30. The van der Waals surface area contributed by atoms with Crippen molar-refractivity contribution in [3.8, 4) is 23.8 Å². The number of rotatable bonds is 7. The molecule has 9 nitrogen and oxygen atoms in total. The minimum Gasteiger partial charge on any atom is -0.744 e. The average Bonchev–Trinajstić information content (AvgIpc) is 3.43. The molecule has 0 heterocycles. The number of carbonyl (C=O) groups excluding carboxylic acids is 3. The molecule has 0 amide bonds. The zero-order valence-electron chi connectivity index (χ0n) is 22.0. The van der Waals surface area contributed by atoms with E-state index in [4.69, 9.17) is 15.9 Å². The van der Waals surface area contributed by atoms with Crippen LogP contribution in [0, 0.1) is 46.3 Å². The Morgan fingerprint density at radius 3 is 1.82 bits per heavy atom. The SMILES string of the molecule is C#CC1(OC(=O)c2ccc(C(=O)Oc3c(F)c(F)c(S(=O)(=O)[O-])c(F)c3F)c(C(=O)Oc3c(I)cc(I)cc3I)c2)CCCC1. The van der Waals surface area contributed by atoms with Crippen LogP contribution < -0.4 is 9.47 Å². The third kappa shape index (κ3) is 7.39. The quantitative estimate of drug-likeness (QED) is 0.0495. The number of hydrogen-bond acceptors (Lipinski definition) is 9.